The fourth-order valence-electron chi connectivity index (χ4n) is 2.22. The van der Waals surface area contributed by atoms with E-state index in [0.29, 0.717) is 11.8 Å². The Kier molecular flexibility index (Phi) is 4.83. The van der Waals surface area contributed by atoms with Gasteiger partial charge in [-0.1, -0.05) is 52.0 Å². The molecule has 2 aromatic rings. The van der Waals surface area contributed by atoms with Crippen LogP contribution >= 0.6 is 0 Å². The van der Waals surface area contributed by atoms with Gasteiger partial charge >= 0.3 is 0 Å². The Bertz CT molecular complexity index is 523. The monoisotopic (exact) mass is 271 g/mol. The number of aromatic nitrogens is 2. The first-order valence-electron chi connectivity index (χ1n) is 7.40. The van der Waals surface area contributed by atoms with E-state index >= 15 is 0 Å². The molecule has 0 radical (unpaired) electrons. The third-order valence-electron chi connectivity index (χ3n) is 3.37. The molecule has 1 aromatic heterocycles. The number of nitrogens with one attached hydrogen (secondary N) is 1. The highest BCUT2D eigenvalue weighted by atomic mass is 15.2. The van der Waals surface area contributed by atoms with E-state index in [-0.39, 0.29) is 0 Å². The lowest BCUT2D eigenvalue weighted by Crippen LogP contribution is -2.10. The molecule has 0 aliphatic carbocycles. The number of nitrogens with zero attached hydrogens (tertiary/aromatic N) is 2. The molecule has 0 saturated carbocycles. The molecule has 1 N–H and O–H groups in total. The Hall–Kier alpha value is -1.77. The fourth-order valence-corrected chi connectivity index (χ4v) is 2.22. The van der Waals surface area contributed by atoms with E-state index in [1.165, 1.54) is 11.1 Å². The Morgan fingerprint density at radius 2 is 1.80 bits per heavy atom. The average Bonchev–Trinajstić information content (AvgIpc) is 2.83. The van der Waals surface area contributed by atoms with Gasteiger partial charge in [0.2, 0.25) is 5.95 Å². The fraction of sp³-hybridized carbons (Fsp3) is 0.471. The second-order valence-corrected chi connectivity index (χ2v) is 6.05. The van der Waals surface area contributed by atoms with Crippen LogP contribution in [0.4, 0.5) is 5.95 Å². The highest BCUT2D eigenvalue weighted by Gasteiger charge is 2.04. The van der Waals surface area contributed by atoms with Crippen LogP contribution in [-0.4, -0.2) is 9.55 Å². The lowest BCUT2D eigenvalue weighted by atomic mass is 10.0. The maximum atomic E-state index is 4.38. The molecule has 0 saturated heterocycles. The molecule has 3 heteroatoms. The van der Waals surface area contributed by atoms with Gasteiger partial charge in [-0.15, -0.1) is 0 Å². The SMILES string of the molecule is CC(C)Cn1ccnc1NCc1ccc(C(C)C)cc1. The third kappa shape index (κ3) is 3.86. The van der Waals surface area contributed by atoms with Gasteiger partial charge in [0.05, 0.1) is 0 Å². The molecule has 0 atom stereocenters. The van der Waals surface area contributed by atoms with Crippen LogP contribution in [-0.2, 0) is 13.1 Å². The minimum Gasteiger partial charge on any atom is -0.352 e. The minimum absolute atomic E-state index is 0.585. The van der Waals surface area contributed by atoms with Crippen molar-refractivity contribution in [3.05, 3.63) is 47.8 Å². The van der Waals surface area contributed by atoms with E-state index in [4.69, 9.17) is 0 Å². The average molecular weight is 271 g/mol. The molecule has 0 aliphatic rings. The van der Waals surface area contributed by atoms with Crippen LogP contribution < -0.4 is 5.32 Å². The normalized spacial score (nSPS) is 11.3. The molecule has 0 bridgehead atoms. The van der Waals surface area contributed by atoms with Gasteiger partial charge in [-0.3, -0.25) is 0 Å². The smallest absolute Gasteiger partial charge is 0.203 e. The number of hydrogen-bond acceptors (Lipinski definition) is 2. The largest absolute Gasteiger partial charge is 0.352 e. The van der Waals surface area contributed by atoms with Gasteiger partial charge in [-0.05, 0) is 23.0 Å². The summed E-state index contributed by atoms with van der Waals surface area (Å²) in [6.07, 6.45) is 3.89. The van der Waals surface area contributed by atoms with E-state index < -0.39 is 0 Å². The molecule has 20 heavy (non-hydrogen) atoms. The summed E-state index contributed by atoms with van der Waals surface area (Å²) < 4.78 is 2.17. The van der Waals surface area contributed by atoms with E-state index in [2.05, 4.69) is 66.8 Å². The zero-order valence-electron chi connectivity index (χ0n) is 12.9. The summed E-state index contributed by atoms with van der Waals surface area (Å²) in [5.74, 6) is 2.16. The van der Waals surface area contributed by atoms with Crippen LogP contribution in [0.25, 0.3) is 0 Å². The van der Waals surface area contributed by atoms with Crippen molar-refractivity contribution in [1.82, 2.24) is 9.55 Å². The predicted octanol–water partition coefficient (Wildman–Crippen LogP) is 4.27. The first-order chi connectivity index (χ1) is 9.56. The molecule has 3 nitrogen and oxygen atoms in total. The summed E-state index contributed by atoms with van der Waals surface area (Å²) in [6, 6.07) is 8.81. The van der Waals surface area contributed by atoms with Crippen molar-refractivity contribution in [2.24, 2.45) is 5.92 Å². The van der Waals surface area contributed by atoms with E-state index in [1.807, 2.05) is 12.4 Å². The van der Waals surface area contributed by atoms with Crippen LogP contribution in [0.1, 0.15) is 44.7 Å². The summed E-state index contributed by atoms with van der Waals surface area (Å²) in [4.78, 5) is 4.38. The molecule has 0 spiro atoms. The summed E-state index contributed by atoms with van der Waals surface area (Å²) in [7, 11) is 0. The van der Waals surface area contributed by atoms with Gasteiger partial charge in [0.15, 0.2) is 0 Å². The zero-order valence-corrected chi connectivity index (χ0v) is 12.9. The van der Waals surface area contributed by atoms with E-state index in [9.17, 15) is 0 Å². The van der Waals surface area contributed by atoms with Gasteiger partial charge in [0.25, 0.3) is 0 Å². The highest BCUT2D eigenvalue weighted by molar-refractivity contribution is 5.31. The molecule has 0 fully saturated rings. The quantitative estimate of drug-likeness (QED) is 0.850. The van der Waals surface area contributed by atoms with Crippen molar-refractivity contribution in [3.8, 4) is 0 Å². The molecule has 0 aliphatic heterocycles. The maximum absolute atomic E-state index is 4.38. The molecular weight excluding hydrogens is 246 g/mol. The van der Waals surface area contributed by atoms with Crippen LogP contribution in [0.2, 0.25) is 0 Å². The molecule has 1 heterocycles. The first-order valence-corrected chi connectivity index (χ1v) is 7.40. The second-order valence-electron chi connectivity index (χ2n) is 6.05. The molecule has 0 unspecified atom stereocenters. The minimum atomic E-state index is 0.585. The topological polar surface area (TPSA) is 29.9 Å². The van der Waals surface area contributed by atoms with Crippen molar-refractivity contribution in [1.29, 1.82) is 0 Å². The van der Waals surface area contributed by atoms with Crippen LogP contribution in [0.15, 0.2) is 36.7 Å². The van der Waals surface area contributed by atoms with Gasteiger partial charge in [-0.2, -0.15) is 0 Å². The van der Waals surface area contributed by atoms with Gasteiger partial charge in [-0.25, -0.2) is 4.98 Å². The Labute approximate surface area is 122 Å². The first kappa shape index (κ1) is 14.6. The number of hydrogen-bond donors (Lipinski definition) is 1. The van der Waals surface area contributed by atoms with Crippen molar-refractivity contribution in [2.45, 2.75) is 46.7 Å². The molecule has 1 aromatic carbocycles. The van der Waals surface area contributed by atoms with E-state index in [1.54, 1.807) is 0 Å². The maximum Gasteiger partial charge on any atom is 0.203 e. The summed E-state index contributed by atoms with van der Waals surface area (Å²) in [5, 5.41) is 3.42. The van der Waals surface area contributed by atoms with Crippen molar-refractivity contribution in [2.75, 3.05) is 5.32 Å². The zero-order chi connectivity index (χ0) is 14.5. The lowest BCUT2D eigenvalue weighted by Gasteiger charge is -2.12. The highest BCUT2D eigenvalue weighted by Crippen LogP contribution is 2.15. The Morgan fingerprint density at radius 3 is 2.40 bits per heavy atom. The summed E-state index contributed by atoms with van der Waals surface area (Å²) in [6.45, 7) is 10.7. The number of benzene rings is 1. The van der Waals surface area contributed by atoms with Gasteiger partial charge < -0.3 is 9.88 Å². The summed E-state index contributed by atoms with van der Waals surface area (Å²) >= 11 is 0. The molecule has 0 amide bonds. The molecule has 2 rings (SSSR count). The van der Waals surface area contributed by atoms with Crippen molar-refractivity contribution < 1.29 is 0 Å². The van der Waals surface area contributed by atoms with Gasteiger partial charge in [0.1, 0.15) is 0 Å². The number of anilines is 1. The predicted molar refractivity (Wildman–Crippen MR) is 84.9 cm³/mol. The van der Waals surface area contributed by atoms with Crippen molar-refractivity contribution in [3.63, 3.8) is 0 Å². The molecular formula is C17H25N3. The van der Waals surface area contributed by atoms with Crippen LogP contribution in [0.3, 0.4) is 0 Å². The standard InChI is InChI=1S/C17H25N3/c1-13(2)12-20-10-9-18-17(20)19-11-15-5-7-16(8-6-15)14(3)4/h5-10,13-14H,11-12H2,1-4H3,(H,18,19). The molecule has 108 valence electrons. The Morgan fingerprint density at radius 1 is 1.10 bits per heavy atom. The van der Waals surface area contributed by atoms with Crippen LogP contribution in [0.5, 0.6) is 0 Å². The Balaban J connectivity index is 1.96. The van der Waals surface area contributed by atoms with Gasteiger partial charge in [0, 0.05) is 25.5 Å². The number of rotatable bonds is 6. The summed E-state index contributed by atoms with van der Waals surface area (Å²) in [5.41, 5.74) is 2.67. The number of imidazole rings is 1. The second kappa shape index (κ2) is 6.60. The lowest BCUT2D eigenvalue weighted by molar-refractivity contribution is 0.526. The van der Waals surface area contributed by atoms with E-state index in [0.717, 1.165) is 19.0 Å². The van der Waals surface area contributed by atoms with Crippen LogP contribution in [0, 0.1) is 5.92 Å². The third-order valence-corrected chi connectivity index (χ3v) is 3.37. The van der Waals surface area contributed by atoms with Crippen molar-refractivity contribution >= 4 is 5.95 Å².